The summed E-state index contributed by atoms with van der Waals surface area (Å²) in [6, 6.07) is -6.81. The molecule has 1 aromatic rings. The number of likely N-dealkylation sites (tertiary alicyclic amines) is 1. The van der Waals surface area contributed by atoms with Crippen molar-refractivity contribution in [3.05, 3.63) is 29.8 Å². The van der Waals surface area contributed by atoms with E-state index >= 15 is 0 Å². The molecule has 0 spiro atoms. The van der Waals surface area contributed by atoms with E-state index in [4.69, 9.17) is 11.5 Å². The van der Waals surface area contributed by atoms with Crippen LogP contribution in [-0.2, 0) is 59.2 Å². The van der Waals surface area contributed by atoms with Crippen LogP contribution in [0.1, 0.15) is 64.4 Å². The number of carboxylic acid groups (broad SMARTS) is 3. The average molecular weight is 932 g/mol. The van der Waals surface area contributed by atoms with E-state index < -0.39 is 154 Å². The van der Waals surface area contributed by atoms with E-state index in [9.17, 15) is 82.7 Å². The predicted octanol–water partition coefficient (Wildman–Crippen LogP) is -5.88. The molecule has 1 heterocycles. The van der Waals surface area contributed by atoms with Gasteiger partial charge in [0.2, 0.25) is 41.4 Å². The summed E-state index contributed by atoms with van der Waals surface area (Å²) < 4.78 is 4.63. The van der Waals surface area contributed by atoms with Crippen LogP contribution in [0.15, 0.2) is 24.3 Å². The van der Waals surface area contributed by atoms with Crippen molar-refractivity contribution in [1.82, 2.24) is 31.5 Å². The van der Waals surface area contributed by atoms with E-state index in [1.54, 1.807) is 6.92 Å². The highest BCUT2D eigenvalue weighted by molar-refractivity contribution is 7.53. The fourth-order valence-corrected chi connectivity index (χ4v) is 6.72. The average Bonchev–Trinajstić information content (AvgIpc) is 3.68. The first-order valence-corrected chi connectivity index (χ1v) is 21.0. The molecule has 2 rings (SSSR count). The smallest absolute Gasteiger partial charge is 0.481 e. The number of quaternary nitrogens is 1. The Balaban J connectivity index is 2.49. The molecule has 354 valence electrons. The lowest BCUT2D eigenvalue weighted by Crippen LogP contribution is -2.70. The molecule has 28 heteroatoms. The van der Waals surface area contributed by atoms with Gasteiger partial charge in [0.15, 0.2) is 11.8 Å². The number of hydrogen-bond acceptors (Lipinski definition) is 15. The molecular weight excluding hydrogens is 877 g/mol. The Morgan fingerprint density at radius 2 is 1.20 bits per heavy atom. The largest absolute Gasteiger partial charge is 0.613 e. The third-order valence-electron chi connectivity index (χ3n) is 9.70. The Morgan fingerprint density at radius 1 is 0.719 bits per heavy atom. The van der Waals surface area contributed by atoms with E-state index in [1.807, 2.05) is 0 Å². The topological polar surface area (TPSA) is 461 Å². The Morgan fingerprint density at radius 3 is 1.67 bits per heavy atom. The molecule has 64 heavy (non-hydrogen) atoms. The molecule has 0 aliphatic carbocycles. The van der Waals surface area contributed by atoms with Gasteiger partial charge in [0.1, 0.15) is 36.3 Å². The van der Waals surface area contributed by atoms with Gasteiger partial charge in [-0.2, -0.15) is 14.7 Å². The van der Waals surface area contributed by atoms with Crippen molar-refractivity contribution in [2.75, 3.05) is 6.54 Å². The quantitative estimate of drug-likeness (QED) is 0.0385. The summed E-state index contributed by atoms with van der Waals surface area (Å²) in [6.45, 7) is 3.03. The van der Waals surface area contributed by atoms with Gasteiger partial charge in [0, 0.05) is 13.0 Å². The first-order valence-electron chi connectivity index (χ1n) is 19.5. The number of primary amides is 2. The second kappa shape index (κ2) is 24.3. The molecule has 8 atom stereocenters. The van der Waals surface area contributed by atoms with Crippen molar-refractivity contribution in [2.45, 2.75) is 108 Å². The molecule has 1 aromatic carbocycles. The van der Waals surface area contributed by atoms with Gasteiger partial charge in [0.25, 0.3) is 5.91 Å². The van der Waals surface area contributed by atoms with Crippen LogP contribution in [-0.4, -0.2) is 149 Å². The zero-order valence-electron chi connectivity index (χ0n) is 34.6. The first-order chi connectivity index (χ1) is 29.7. The van der Waals surface area contributed by atoms with Crippen LogP contribution in [0.2, 0.25) is 0 Å². The standard InChI is InChI=1S/C36H52N9O18P/c1-3-16(2)29(34(56)42-22(15-28(50)51)32(54)43-23(13-26(39)47)35(57)45-10-4-5-24(45)36(58)59)44-33(55)20(11-17-6-8-18(9-7-17)63-64(60,61)62)41-31(53)21(14-27(48)49)40-30(52)19(37)12-25(38)46/h6-9,16,19-24,29,60-62H,3-5,10-15,37H2,1-2H3,(H11-,38,39,40,41,42,43,44,46,47,48,49,50,51,52,53,54,55,56,58,59)/p+2/t16-,19-,20-,21-,22-,23-,24-,29-/m0/s1. The van der Waals surface area contributed by atoms with Gasteiger partial charge >= 0.3 is 26.1 Å². The number of aliphatic carboxylic acids is 3. The molecule has 1 aliphatic rings. The summed E-state index contributed by atoms with van der Waals surface area (Å²) in [5.74, 6) is -14.5. The molecule has 0 bridgehead atoms. The molecule has 1 aliphatic heterocycles. The first kappa shape index (κ1) is 53.6. The number of nitrogens with zero attached hydrogens (tertiary/aromatic N) is 1. The van der Waals surface area contributed by atoms with E-state index in [0.29, 0.717) is 0 Å². The van der Waals surface area contributed by atoms with Crippen LogP contribution < -0.4 is 48.3 Å². The van der Waals surface area contributed by atoms with Gasteiger partial charge in [-0.25, -0.2) is 4.79 Å². The minimum absolute atomic E-state index is 0.0466. The highest BCUT2D eigenvalue weighted by Crippen LogP contribution is 2.45. The van der Waals surface area contributed by atoms with Gasteiger partial charge in [-0.3, -0.25) is 52.5 Å². The number of amides is 8. The molecule has 0 aromatic heterocycles. The van der Waals surface area contributed by atoms with Crippen LogP contribution in [0.5, 0.6) is 5.75 Å². The zero-order chi connectivity index (χ0) is 48.6. The SMILES string of the molecule is CC[C@H](C)[C@H](NC(=O)[C@H](Cc1ccc(O[P+](O)(O)O)cc1)NC(=O)[C@H](CC(=O)O)NC(=O)[C@@H]([NH3+])CC(N)=O)C(=O)N[C@@H](CC(=O)O)C(=O)N[C@@H](CC(N)=O)C(=O)N1CCC[C@H]1C(=O)O. The van der Waals surface area contributed by atoms with Gasteiger partial charge in [-0.1, -0.05) is 32.4 Å². The van der Waals surface area contributed by atoms with Crippen molar-refractivity contribution < 1.29 is 93.0 Å². The normalized spacial score (nSPS) is 16.8. The fourth-order valence-electron chi connectivity index (χ4n) is 6.32. The van der Waals surface area contributed by atoms with Gasteiger partial charge in [0.05, 0.1) is 25.7 Å². The highest BCUT2D eigenvalue weighted by Gasteiger charge is 2.41. The fraction of sp³-hybridized carbons (Fsp3) is 0.528. The van der Waals surface area contributed by atoms with Crippen LogP contribution >= 0.6 is 8.17 Å². The second-order valence-corrected chi connectivity index (χ2v) is 16.0. The van der Waals surface area contributed by atoms with Crippen LogP contribution in [0.4, 0.5) is 0 Å². The van der Waals surface area contributed by atoms with E-state index in [-0.39, 0.29) is 37.1 Å². The van der Waals surface area contributed by atoms with Crippen LogP contribution in [0.25, 0.3) is 0 Å². The van der Waals surface area contributed by atoms with Gasteiger partial charge in [-0.05, 0) is 36.5 Å². The van der Waals surface area contributed by atoms with Crippen molar-refractivity contribution in [3.8, 4) is 5.75 Å². The van der Waals surface area contributed by atoms with Crippen LogP contribution in [0, 0.1) is 5.92 Å². The summed E-state index contributed by atoms with van der Waals surface area (Å²) in [6.07, 6.45) is -3.51. The van der Waals surface area contributed by atoms with Crippen molar-refractivity contribution in [3.63, 3.8) is 0 Å². The maximum Gasteiger partial charge on any atom is 0.613 e. The highest BCUT2D eigenvalue weighted by atomic mass is 31.2. The Bertz CT molecular complexity index is 1930. The lowest BCUT2D eigenvalue weighted by molar-refractivity contribution is -0.402. The number of nitrogens with two attached hydrogens (primary N) is 2. The monoisotopic (exact) mass is 931 g/mol. The number of hydrogen-bond donors (Lipinski definition) is 14. The summed E-state index contributed by atoms with van der Waals surface area (Å²) in [7, 11) is -4.74. The number of rotatable bonds is 26. The molecule has 27 nitrogen and oxygen atoms in total. The Hall–Kier alpha value is -6.54. The number of carbonyl (C=O) groups excluding carboxylic acids is 8. The minimum Gasteiger partial charge on any atom is -0.481 e. The lowest BCUT2D eigenvalue weighted by atomic mass is 9.96. The minimum atomic E-state index is -4.74. The van der Waals surface area contributed by atoms with E-state index in [2.05, 4.69) is 36.8 Å². The van der Waals surface area contributed by atoms with Gasteiger partial charge in [-0.15, -0.1) is 0 Å². The Labute approximate surface area is 364 Å². The van der Waals surface area contributed by atoms with Crippen molar-refractivity contribution >= 4 is 73.3 Å². The van der Waals surface area contributed by atoms with Crippen LogP contribution in [0.3, 0.4) is 0 Å². The van der Waals surface area contributed by atoms with Gasteiger partial charge < -0.3 is 64.0 Å². The lowest BCUT2D eigenvalue weighted by Gasteiger charge is -2.30. The number of carboxylic acids is 3. The summed E-state index contributed by atoms with van der Waals surface area (Å²) >= 11 is 0. The zero-order valence-corrected chi connectivity index (χ0v) is 35.5. The number of carbonyl (C=O) groups is 11. The van der Waals surface area contributed by atoms with Crippen molar-refractivity contribution in [1.29, 1.82) is 0 Å². The summed E-state index contributed by atoms with van der Waals surface area (Å²) in [5, 5.41) is 40.0. The molecule has 8 amide bonds. The molecule has 1 saturated heterocycles. The molecule has 0 radical (unpaired) electrons. The van der Waals surface area contributed by atoms with Crippen molar-refractivity contribution in [2.24, 2.45) is 17.4 Å². The second-order valence-electron chi connectivity index (χ2n) is 14.8. The summed E-state index contributed by atoms with van der Waals surface area (Å²) in [4.78, 5) is 169. The third-order valence-corrected chi connectivity index (χ3v) is 10.2. The number of nitrogens with one attached hydrogen (secondary N) is 5. The molecular formula is C36H54N9O18P+2. The van der Waals surface area contributed by atoms with E-state index in [0.717, 1.165) is 17.0 Å². The summed E-state index contributed by atoms with van der Waals surface area (Å²) in [5.41, 5.74) is 14.1. The maximum atomic E-state index is 14.1. The molecule has 1 fully saturated rings. The van der Waals surface area contributed by atoms with E-state index in [1.165, 1.54) is 19.1 Å². The third kappa shape index (κ3) is 17.7. The number of benzene rings is 1. The molecule has 0 saturated carbocycles. The molecule has 0 unspecified atom stereocenters. The Kier molecular flexibility index (Phi) is 20.4. The maximum absolute atomic E-state index is 14.1. The predicted molar refractivity (Wildman–Crippen MR) is 215 cm³/mol. The molecule has 18 N–H and O–H groups in total.